The molecule has 19 heavy (non-hydrogen) atoms. The second-order valence-corrected chi connectivity index (χ2v) is 6.29. The van der Waals surface area contributed by atoms with Gasteiger partial charge in [-0.05, 0) is 24.6 Å². The lowest BCUT2D eigenvalue weighted by molar-refractivity contribution is -0.114. The molecule has 1 aromatic rings. The topological polar surface area (TPSA) is 50.4 Å². The normalized spacial score (nSPS) is 22.1. The van der Waals surface area contributed by atoms with E-state index in [0.717, 1.165) is 29.3 Å². The highest BCUT2D eigenvalue weighted by Gasteiger charge is 2.22. The van der Waals surface area contributed by atoms with Crippen LogP contribution in [0.2, 0.25) is 0 Å². The Kier molecular flexibility index (Phi) is 4.58. The van der Waals surface area contributed by atoms with Crippen molar-refractivity contribution in [3.8, 4) is 5.75 Å². The van der Waals surface area contributed by atoms with Crippen LogP contribution in [0.3, 0.4) is 0 Å². The van der Waals surface area contributed by atoms with E-state index < -0.39 is 0 Å². The van der Waals surface area contributed by atoms with Crippen LogP contribution in [0, 0.1) is 0 Å². The van der Waals surface area contributed by atoms with Gasteiger partial charge in [0.1, 0.15) is 5.75 Å². The number of carbonyl (C=O) groups is 1. The highest BCUT2D eigenvalue weighted by atomic mass is 32.2. The molecule has 1 aliphatic heterocycles. The Morgan fingerprint density at radius 1 is 1.47 bits per heavy atom. The molecule has 2 N–H and O–H groups in total. The molecule has 0 radical (unpaired) electrons. The van der Waals surface area contributed by atoms with Gasteiger partial charge in [-0.15, -0.1) is 0 Å². The standard InChI is InChI=1S/C14H20N2O2S/c1-9-6-12(8-19-9)16-13-7-11(15-10(2)17)4-5-14(13)18-3/h4-5,7,9,12,16H,6,8H2,1-3H3,(H,15,17). The summed E-state index contributed by atoms with van der Waals surface area (Å²) in [6, 6.07) is 6.10. The lowest BCUT2D eigenvalue weighted by atomic mass is 10.1. The Bertz CT molecular complexity index is 465. The highest BCUT2D eigenvalue weighted by molar-refractivity contribution is 8.00. The molecule has 0 aliphatic carbocycles. The number of carbonyl (C=O) groups excluding carboxylic acids is 1. The molecule has 0 aromatic heterocycles. The number of rotatable bonds is 4. The molecule has 104 valence electrons. The molecule has 5 heteroatoms. The summed E-state index contributed by atoms with van der Waals surface area (Å²) in [6.07, 6.45) is 1.15. The minimum atomic E-state index is -0.0684. The van der Waals surface area contributed by atoms with Gasteiger partial charge in [0.05, 0.1) is 12.8 Å². The number of ether oxygens (including phenoxy) is 1. The van der Waals surface area contributed by atoms with Crippen molar-refractivity contribution in [1.82, 2.24) is 0 Å². The van der Waals surface area contributed by atoms with Crippen LogP contribution < -0.4 is 15.4 Å². The van der Waals surface area contributed by atoms with E-state index in [0.29, 0.717) is 11.3 Å². The maximum atomic E-state index is 11.1. The summed E-state index contributed by atoms with van der Waals surface area (Å²) in [4.78, 5) is 11.1. The fourth-order valence-corrected chi connectivity index (χ4v) is 3.39. The van der Waals surface area contributed by atoms with Gasteiger partial charge >= 0.3 is 0 Å². The van der Waals surface area contributed by atoms with Crippen LogP contribution in [0.5, 0.6) is 5.75 Å². The molecular formula is C14H20N2O2S. The molecule has 1 aromatic carbocycles. The summed E-state index contributed by atoms with van der Waals surface area (Å²) < 4.78 is 5.36. The molecule has 0 saturated carbocycles. The second-order valence-electron chi connectivity index (χ2n) is 4.82. The number of benzene rings is 1. The van der Waals surface area contributed by atoms with Gasteiger partial charge in [-0.1, -0.05) is 6.92 Å². The Morgan fingerprint density at radius 3 is 2.84 bits per heavy atom. The van der Waals surface area contributed by atoms with E-state index in [4.69, 9.17) is 4.74 Å². The molecule has 1 saturated heterocycles. The molecule has 2 atom stereocenters. The number of amides is 1. The van der Waals surface area contributed by atoms with Crippen LogP contribution in [-0.2, 0) is 4.79 Å². The predicted molar refractivity (Wildman–Crippen MR) is 81.2 cm³/mol. The molecule has 1 heterocycles. The molecule has 2 rings (SSSR count). The molecule has 4 nitrogen and oxygen atoms in total. The first kappa shape index (κ1) is 14.1. The second kappa shape index (κ2) is 6.19. The monoisotopic (exact) mass is 280 g/mol. The van der Waals surface area contributed by atoms with Crippen LogP contribution in [0.4, 0.5) is 11.4 Å². The Balaban J connectivity index is 2.13. The smallest absolute Gasteiger partial charge is 0.221 e. The van der Waals surface area contributed by atoms with E-state index in [1.165, 1.54) is 6.92 Å². The average molecular weight is 280 g/mol. The van der Waals surface area contributed by atoms with Gasteiger partial charge in [0.25, 0.3) is 0 Å². The fourth-order valence-electron chi connectivity index (χ4n) is 2.24. The van der Waals surface area contributed by atoms with E-state index in [-0.39, 0.29) is 5.91 Å². The summed E-state index contributed by atoms with van der Waals surface area (Å²) in [6.45, 7) is 3.75. The zero-order valence-electron chi connectivity index (χ0n) is 11.5. The first-order chi connectivity index (χ1) is 9.08. The van der Waals surface area contributed by atoms with Gasteiger partial charge in [0.2, 0.25) is 5.91 Å². The Morgan fingerprint density at radius 2 is 2.26 bits per heavy atom. The minimum Gasteiger partial charge on any atom is -0.495 e. The van der Waals surface area contributed by atoms with Crippen molar-refractivity contribution >= 4 is 29.0 Å². The maximum Gasteiger partial charge on any atom is 0.221 e. The number of anilines is 2. The van der Waals surface area contributed by atoms with Crippen molar-refractivity contribution in [2.45, 2.75) is 31.6 Å². The summed E-state index contributed by atoms with van der Waals surface area (Å²) in [5.41, 5.74) is 1.72. The third-order valence-electron chi connectivity index (χ3n) is 3.08. The quantitative estimate of drug-likeness (QED) is 0.890. The molecule has 1 fully saturated rings. The average Bonchev–Trinajstić information content (AvgIpc) is 2.74. The van der Waals surface area contributed by atoms with Gasteiger partial charge in [0, 0.05) is 29.7 Å². The molecule has 0 spiro atoms. The highest BCUT2D eigenvalue weighted by Crippen LogP contribution is 2.33. The van der Waals surface area contributed by atoms with Crippen molar-refractivity contribution in [3.63, 3.8) is 0 Å². The first-order valence-electron chi connectivity index (χ1n) is 6.42. The van der Waals surface area contributed by atoms with E-state index in [2.05, 4.69) is 17.6 Å². The van der Waals surface area contributed by atoms with E-state index in [1.807, 2.05) is 30.0 Å². The lowest BCUT2D eigenvalue weighted by Crippen LogP contribution is -2.19. The summed E-state index contributed by atoms with van der Waals surface area (Å²) >= 11 is 1.98. The number of methoxy groups -OCH3 is 1. The largest absolute Gasteiger partial charge is 0.495 e. The van der Waals surface area contributed by atoms with E-state index in [1.54, 1.807) is 7.11 Å². The zero-order valence-corrected chi connectivity index (χ0v) is 12.3. The van der Waals surface area contributed by atoms with Gasteiger partial charge in [0.15, 0.2) is 0 Å². The van der Waals surface area contributed by atoms with Crippen molar-refractivity contribution < 1.29 is 9.53 Å². The number of nitrogens with one attached hydrogen (secondary N) is 2. The number of thioether (sulfide) groups is 1. The van der Waals surface area contributed by atoms with Crippen molar-refractivity contribution in [1.29, 1.82) is 0 Å². The fraction of sp³-hybridized carbons (Fsp3) is 0.500. The van der Waals surface area contributed by atoms with Gasteiger partial charge in [-0.2, -0.15) is 11.8 Å². The van der Waals surface area contributed by atoms with Gasteiger partial charge in [-0.3, -0.25) is 4.79 Å². The van der Waals surface area contributed by atoms with Crippen molar-refractivity contribution in [2.24, 2.45) is 0 Å². The number of hydrogen-bond acceptors (Lipinski definition) is 4. The van der Waals surface area contributed by atoms with Gasteiger partial charge in [-0.25, -0.2) is 0 Å². The van der Waals surface area contributed by atoms with Crippen molar-refractivity contribution in [3.05, 3.63) is 18.2 Å². The maximum absolute atomic E-state index is 11.1. The molecule has 0 bridgehead atoms. The molecule has 1 amide bonds. The minimum absolute atomic E-state index is 0.0684. The van der Waals surface area contributed by atoms with Crippen molar-refractivity contribution in [2.75, 3.05) is 23.5 Å². The first-order valence-corrected chi connectivity index (χ1v) is 7.47. The third-order valence-corrected chi connectivity index (χ3v) is 4.43. The van der Waals surface area contributed by atoms with E-state index >= 15 is 0 Å². The third kappa shape index (κ3) is 3.80. The van der Waals surface area contributed by atoms with Crippen LogP contribution in [0.1, 0.15) is 20.3 Å². The lowest BCUT2D eigenvalue weighted by Gasteiger charge is -2.17. The Labute approximate surface area is 118 Å². The SMILES string of the molecule is COc1ccc(NC(C)=O)cc1NC1CSC(C)C1. The van der Waals surface area contributed by atoms with Crippen LogP contribution in [0.25, 0.3) is 0 Å². The molecule has 2 unspecified atom stereocenters. The van der Waals surface area contributed by atoms with Crippen LogP contribution in [-0.4, -0.2) is 30.1 Å². The van der Waals surface area contributed by atoms with Crippen LogP contribution in [0.15, 0.2) is 18.2 Å². The summed E-state index contributed by atoms with van der Waals surface area (Å²) in [5.74, 6) is 1.84. The Hall–Kier alpha value is -1.36. The predicted octanol–water partition coefficient (Wildman–Crippen LogP) is 2.96. The van der Waals surface area contributed by atoms with E-state index in [9.17, 15) is 4.79 Å². The van der Waals surface area contributed by atoms with Crippen LogP contribution >= 0.6 is 11.8 Å². The summed E-state index contributed by atoms with van der Waals surface area (Å²) in [5, 5.41) is 6.99. The number of hydrogen-bond donors (Lipinski definition) is 2. The van der Waals surface area contributed by atoms with Gasteiger partial charge < -0.3 is 15.4 Å². The zero-order chi connectivity index (χ0) is 13.8. The summed E-state index contributed by atoms with van der Waals surface area (Å²) in [7, 11) is 1.66. The molecular weight excluding hydrogens is 260 g/mol. The molecule has 1 aliphatic rings.